The van der Waals surface area contributed by atoms with Crippen LogP contribution in [0.5, 0.6) is 11.5 Å². The fourth-order valence-corrected chi connectivity index (χ4v) is 10.5. The molecule has 0 amide bonds. The Kier molecular flexibility index (Phi) is 14.8. The van der Waals surface area contributed by atoms with Gasteiger partial charge >= 0.3 is 21.1 Å². The standard InChI is InChI=1S/C68H63F2N5O2.Pt/c1-39(2)51-32-47(43-21-14-12-15-22-43)33-52(40(3)4)61(51)74-58-28-19-18-27-55(58)71-65(74)46-25-20-26-50(31-46)76-60-38-49(37-57-63(60)77-67(73-57)68(9,10)11)66-72-56-36-45(64(69)70)29-30-59(56)75(66)62-53(41(5)6)34-48(35-54(62)42(7)8)44-23-16-13-17-24-44;/h12-30,32-37,39-42,64H,1-11H3;/q-2;+2. The van der Waals surface area contributed by atoms with Crippen LogP contribution < -0.4 is 4.74 Å². The van der Waals surface area contributed by atoms with Crippen molar-refractivity contribution in [1.82, 2.24) is 24.1 Å². The van der Waals surface area contributed by atoms with Crippen LogP contribution in [0.15, 0.2) is 156 Å². The average molecular weight is 1220 g/mol. The van der Waals surface area contributed by atoms with E-state index in [2.05, 4.69) is 194 Å². The van der Waals surface area contributed by atoms with Gasteiger partial charge in [-0.25, -0.2) is 13.8 Å². The molecule has 0 aliphatic carbocycles. The number of hydrogen-bond donors (Lipinski definition) is 0. The van der Waals surface area contributed by atoms with Gasteiger partial charge in [0.25, 0.3) is 6.43 Å². The molecule has 0 fully saturated rings. The van der Waals surface area contributed by atoms with Crippen LogP contribution in [-0.4, -0.2) is 24.1 Å². The van der Waals surface area contributed by atoms with Crippen LogP contribution in [0.4, 0.5) is 8.78 Å². The zero-order valence-electron chi connectivity index (χ0n) is 45.9. The van der Waals surface area contributed by atoms with E-state index in [9.17, 15) is 8.78 Å². The topological polar surface area (TPSA) is 70.9 Å². The van der Waals surface area contributed by atoms with Crippen molar-refractivity contribution in [2.24, 2.45) is 0 Å². The fraction of sp³-hybridized carbons (Fsp3) is 0.250. The van der Waals surface area contributed by atoms with Crippen molar-refractivity contribution >= 4 is 33.2 Å². The summed E-state index contributed by atoms with van der Waals surface area (Å²) >= 11 is 0. The number of alkyl halides is 2. The van der Waals surface area contributed by atoms with E-state index < -0.39 is 11.8 Å². The molecule has 0 bridgehead atoms. The fourth-order valence-electron chi connectivity index (χ4n) is 10.5. The SMILES string of the molecule is CC(C)c1cc(-c2ccccc2)cc(C(C)C)c1-n1c(-c2[c-]c(Oc3[c-]c(-c4nc5cc(C(F)F)ccc5n4-c4c(C(C)C)cc(-c5ccccc5)cc4C(C)C)cc4nc(C(C)(C)C)oc34)ccc2)nc2ccccc21.[Pt+2]. The predicted octanol–water partition coefficient (Wildman–Crippen LogP) is 19.3. The Morgan fingerprint density at radius 1 is 0.487 bits per heavy atom. The van der Waals surface area contributed by atoms with Crippen LogP contribution in [0.3, 0.4) is 0 Å². The normalized spacial score (nSPS) is 12.1. The number of ether oxygens (including phenoxy) is 1. The zero-order valence-corrected chi connectivity index (χ0v) is 48.2. The molecule has 0 radical (unpaired) electrons. The van der Waals surface area contributed by atoms with Gasteiger partial charge < -0.3 is 18.3 Å². The van der Waals surface area contributed by atoms with Crippen molar-refractivity contribution in [3.63, 3.8) is 0 Å². The van der Waals surface area contributed by atoms with Gasteiger partial charge in [0.15, 0.2) is 5.89 Å². The quantitative estimate of drug-likeness (QED) is 0.108. The monoisotopic (exact) mass is 1210 g/mol. The van der Waals surface area contributed by atoms with Crippen LogP contribution in [-0.2, 0) is 26.5 Å². The number of benzene rings is 8. The molecule has 0 N–H and O–H groups in total. The number of nitrogens with zero attached hydrogens (tertiary/aromatic N) is 5. The van der Waals surface area contributed by atoms with Crippen molar-refractivity contribution in [2.45, 2.75) is 112 Å². The first-order valence-electron chi connectivity index (χ1n) is 26.8. The molecule has 3 aromatic heterocycles. The van der Waals surface area contributed by atoms with E-state index in [1.54, 1.807) is 6.07 Å². The molecule has 3 heterocycles. The number of rotatable bonds is 13. The number of imidazole rings is 2. The predicted molar refractivity (Wildman–Crippen MR) is 309 cm³/mol. The van der Waals surface area contributed by atoms with Gasteiger partial charge in [0.2, 0.25) is 0 Å². The number of oxazole rings is 1. The van der Waals surface area contributed by atoms with Gasteiger partial charge in [0, 0.05) is 33.6 Å². The van der Waals surface area contributed by atoms with Gasteiger partial charge in [-0.3, -0.25) is 9.97 Å². The van der Waals surface area contributed by atoms with Gasteiger partial charge in [-0.2, -0.15) is 0 Å². The van der Waals surface area contributed by atoms with E-state index in [-0.39, 0.29) is 56.0 Å². The van der Waals surface area contributed by atoms with Gasteiger partial charge in [-0.15, -0.1) is 35.4 Å². The zero-order chi connectivity index (χ0) is 54.0. The molecule has 11 aromatic rings. The first-order chi connectivity index (χ1) is 36.9. The molecule has 0 atom stereocenters. The Morgan fingerprint density at radius 2 is 0.987 bits per heavy atom. The van der Waals surface area contributed by atoms with Crippen LogP contribution in [0, 0.1) is 12.1 Å². The maximum atomic E-state index is 14.5. The summed E-state index contributed by atoms with van der Waals surface area (Å²) in [7, 11) is 0. The molecule has 8 aromatic carbocycles. The Labute approximate surface area is 470 Å². The molecule has 10 heteroatoms. The molecule has 0 unspecified atom stereocenters. The van der Waals surface area contributed by atoms with E-state index in [1.807, 2.05) is 36.4 Å². The third kappa shape index (κ3) is 10.0. The molecule has 7 nitrogen and oxygen atoms in total. The van der Waals surface area contributed by atoms with E-state index in [0.717, 1.165) is 56.0 Å². The number of para-hydroxylation sites is 2. The molecular formula is C68H63F2N5O2Pt. The number of hydrogen-bond acceptors (Lipinski definition) is 5. The molecule has 11 rings (SSSR count). The Balaban J connectivity index is 0.00000688. The maximum Gasteiger partial charge on any atom is 2.00 e. The van der Waals surface area contributed by atoms with Gasteiger partial charge in [0.1, 0.15) is 5.58 Å². The van der Waals surface area contributed by atoms with Crippen molar-refractivity contribution < 1.29 is 39.0 Å². The summed E-state index contributed by atoms with van der Waals surface area (Å²) in [5.41, 5.74) is 15.8. The summed E-state index contributed by atoms with van der Waals surface area (Å²) in [5.74, 6) is 2.96. The summed E-state index contributed by atoms with van der Waals surface area (Å²) < 4.78 is 47.1. The minimum absolute atomic E-state index is 0. The smallest absolute Gasteiger partial charge is 0.493 e. The maximum absolute atomic E-state index is 14.5. The third-order valence-corrected chi connectivity index (χ3v) is 14.5. The molecule has 0 saturated carbocycles. The Morgan fingerprint density at radius 3 is 1.51 bits per heavy atom. The molecule has 0 aliphatic rings. The van der Waals surface area contributed by atoms with Crippen LogP contribution >= 0.6 is 0 Å². The summed E-state index contributed by atoms with van der Waals surface area (Å²) in [6.45, 7) is 23.9. The van der Waals surface area contributed by atoms with E-state index >= 15 is 0 Å². The summed E-state index contributed by atoms with van der Waals surface area (Å²) in [4.78, 5) is 15.7. The first-order valence-corrected chi connectivity index (χ1v) is 26.8. The number of fused-ring (bicyclic) bond motifs is 3. The second-order valence-corrected chi connectivity index (χ2v) is 22.5. The van der Waals surface area contributed by atoms with Crippen molar-refractivity contribution in [1.29, 1.82) is 0 Å². The largest absolute Gasteiger partial charge is 2.00 e. The molecule has 396 valence electrons. The minimum atomic E-state index is -2.68. The summed E-state index contributed by atoms with van der Waals surface area (Å²) in [5, 5.41) is 0. The molecule has 0 aliphatic heterocycles. The first kappa shape index (κ1) is 53.9. The van der Waals surface area contributed by atoms with Crippen LogP contribution in [0.1, 0.15) is 140 Å². The van der Waals surface area contributed by atoms with Gasteiger partial charge in [0.05, 0.1) is 39.5 Å². The summed E-state index contributed by atoms with van der Waals surface area (Å²) in [6, 6.07) is 58.1. The molecule has 0 spiro atoms. The third-order valence-electron chi connectivity index (χ3n) is 14.5. The molecule has 0 saturated heterocycles. The van der Waals surface area contributed by atoms with Crippen LogP contribution in [0.25, 0.3) is 89.6 Å². The van der Waals surface area contributed by atoms with Crippen molar-refractivity contribution in [3.8, 4) is 67.9 Å². The molecular weight excluding hydrogens is 1150 g/mol. The van der Waals surface area contributed by atoms with Crippen molar-refractivity contribution in [2.75, 3.05) is 0 Å². The second-order valence-electron chi connectivity index (χ2n) is 22.5. The minimum Gasteiger partial charge on any atom is -0.493 e. The second kappa shape index (κ2) is 21.4. The van der Waals surface area contributed by atoms with Crippen molar-refractivity contribution in [3.05, 3.63) is 197 Å². The van der Waals surface area contributed by atoms with E-state index in [4.69, 9.17) is 24.1 Å². The summed E-state index contributed by atoms with van der Waals surface area (Å²) in [6.07, 6.45) is -2.68. The Bertz CT molecular complexity index is 3940. The molecule has 78 heavy (non-hydrogen) atoms. The Hall–Kier alpha value is -7.48. The van der Waals surface area contributed by atoms with Gasteiger partial charge in [-0.05, 0) is 117 Å². The number of aromatic nitrogens is 5. The average Bonchev–Trinajstić information content (AvgIpc) is 4.31. The van der Waals surface area contributed by atoms with E-state index in [0.29, 0.717) is 45.2 Å². The number of halogens is 2. The van der Waals surface area contributed by atoms with Gasteiger partial charge in [-0.1, -0.05) is 167 Å². The van der Waals surface area contributed by atoms with E-state index in [1.165, 1.54) is 34.4 Å². The van der Waals surface area contributed by atoms with Crippen LogP contribution in [0.2, 0.25) is 0 Å².